The Morgan fingerprint density at radius 3 is 2.56 bits per heavy atom. The van der Waals surface area contributed by atoms with Crippen molar-refractivity contribution in [2.75, 3.05) is 13.1 Å². The van der Waals surface area contributed by atoms with Crippen LogP contribution >= 0.6 is 0 Å². The topological polar surface area (TPSA) is 55.6 Å². The van der Waals surface area contributed by atoms with Crippen molar-refractivity contribution >= 4 is 5.91 Å². The van der Waals surface area contributed by atoms with Gasteiger partial charge < -0.3 is 15.4 Å². The molecular weight excluding hydrogens is 312 g/mol. The Morgan fingerprint density at radius 2 is 1.88 bits per heavy atom. The molecule has 0 saturated carbocycles. The molecule has 3 rings (SSSR count). The largest absolute Gasteiger partial charge is 0.489 e. The maximum absolute atomic E-state index is 12.7. The summed E-state index contributed by atoms with van der Waals surface area (Å²) in [5, 5.41) is 0. The zero-order chi connectivity index (χ0) is 17.6. The maximum atomic E-state index is 12.7. The van der Waals surface area contributed by atoms with Crippen molar-refractivity contribution in [3.63, 3.8) is 0 Å². The summed E-state index contributed by atoms with van der Waals surface area (Å²) in [7, 11) is 0. The number of carbonyl (C=O) groups is 1. The molecule has 1 saturated heterocycles. The van der Waals surface area contributed by atoms with E-state index in [1.54, 1.807) is 0 Å². The number of amides is 1. The van der Waals surface area contributed by atoms with Crippen LogP contribution in [-0.4, -0.2) is 29.9 Å². The Morgan fingerprint density at radius 1 is 1.16 bits per heavy atom. The molecule has 0 radical (unpaired) electrons. The number of rotatable bonds is 5. The lowest BCUT2D eigenvalue weighted by Gasteiger charge is -2.33. The van der Waals surface area contributed by atoms with Crippen molar-refractivity contribution in [2.24, 2.45) is 11.7 Å². The van der Waals surface area contributed by atoms with Gasteiger partial charge in [-0.3, -0.25) is 4.79 Å². The SMILES string of the molecule is CC(N)C1CCN(C(=O)c2cccc(OCc3ccccc3)c2)CC1. The van der Waals surface area contributed by atoms with Gasteiger partial charge in [-0.25, -0.2) is 0 Å². The highest BCUT2D eigenvalue weighted by atomic mass is 16.5. The molecule has 1 unspecified atom stereocenters. The molecule has 132 valence electrons. The van der Waals surface area contributed by atoms with Gasteiger partial charge in [0, 0.05) is 24.7 Å². The van der Waals surface area contributed by atoms with Crippen molar-refractivity contribution in [3.05, 3.63) is 65.7 Å². The van der Waals surface area contributed by atoms with Crippen molar-refractivity contribution in [2.45, 2.75) is 32.4 Å². The lowest BCUT2D eigenvalue weighted by atomic mass is 9.90. The normalized spacial score (nSPS) is 16.5. The van der Waals surface area contributed by atoms with E-state index in [9.17, 15) is 4.79 Å². The van der Waals surface area contributed by atoms with Gasteiger partial charge in [-0.05, 0) is 49.4 Å². The number of piperidine rings is 1. The molecule has 25 heavy (non-hydrogen) atoms. The summed E-state index contributed by atoms with van der Waals surface area (Å²) >= 11 is 0. The summed E-state index contributed by atoms with van der Waals surface area (Å²) in [6, 6.07) is 17.7. The van der Waals surface area contributed by atoms with Gasteiger partial charge in [0.05, 0.1) is 0 Å². The number of hydrogen-bond acceptors (Lipinski definition) is 3. The predicted molar refractivity (Wildman–Crippen MR) is 99.5 cm³/mol. The van der Waals surface area contributed by atoms with Crippen molar-refractivity contribution < 1.29 is 9.53 Å². The van der Waals surface area contributed by atoms with Crippen LogP contribution in [0.5, 0.6) is 5.75 Å². The second kappa shape index (κ2) is 8.17. The molecule has 1 heterocycles. The molecule has 2 N–H and O–H groups in total. The van der Waals surface area contributed by atoms with Gasteiger partial charge in [-0.1, -0.05) is 36.4 Å². The average Bonchev–Trinajstić information content (AvgIpc) is 2.67. The molecule has 1 aliphatic heterocycles. The molecule has 2 aromatic rings. The maximum Gasteiger partial charge on any atom is 0.253 e. The highest BCUT2D eigenvalue weighted by Gasteiger charge is 2.25. The molecule has 0 spiro atoms. The van der Waals surface area contributed by atoms with Gasteiger partial charge in [0.1, 0.15) is 12.4 Å². The van der Waals surface area contributed by atoms with E-state index in [1.807, 2.05) is 59.5 Å². The minimum absolute atomic E-state index is 0.0771. The van der Waals surface area contributed by atoms with E-state index in [2.05, 4.69) is 6.92 Å². The van der Waals surface area contributed by atoms with Gasteiger partial charge in [-0.15, -0.1) is 0 Å². The summed E-state index contributed by atoms with van der Waals surface area (Å²) in [6.45, 7) is 4.11. The van der Waals surface area contributed by atoms with E-state index in [4.69, 9.17) is 10.5 Å². The Kier molecular flexibility index (Phi) is 5.71. The zero-order valence-corrected chi connectivity index (χ0v) is 14.7. The quantitative estimate of drug-likeness (QED) is 0.908. The van der Waals surface area contributed by atoms with E-state index in [0.29, 0.717) is 18.1 Å². The standard InChI is InChI=1S/C21H26N2O2/c1-16(22)18-10-12-23(13-11-18)21(24)19-8-5-9-20(14-19)25-15-17-6-3-2-4-7-17/h2-9,14,16,18H,10-13,15,22H2,1H3. The van der Waals surface area contributed by atoms with Crippen LogP contribution in [0.4, 0.5) is 0 Å². The van der Waals surface area contributed by atoms with Crippen molar-refractivity contribution in [1.29, 1.82) is 0 Å². The van der Waals surface area contributed by atoms with Crippen LogP contribution in [0.25, 0.3) is 0 Å². The fraction of sp³-hybridized carbons (Fsp3) is 0.381. The second-order valence-corrected chi connectivity index (χ2v) is 6.79. The lowest BCUT2D eigenvalue weighted by molar-refractivity contribution is 0.0680. The van der Waals surface area contributed by atoms with Crippen molar-refractivity contribution in [3.8, 4) is 5.75 Å². The molecule has 4 nitrogen and oxygen atoms in total. The Balaban J connectivity index is 1.60. The van der Waals surface area contributed by atoms with Crippen LogP contribution < -0.4 is 10.5 Å². The lowest BCUT2D eigenvalue weighted by Crippen LogP contribution is -2.42. The van der Waals surface area contributed by atoms with Gasteiger partial charge >= 0.3 is 0 Å². The van der Waals surface area contributed by atoms with Crippen LogP contribution in [-0.2, 0) is 6.61 Å². The smallest absolute Gasteiger partial charge is 0.253 e. The monoisotopic (exact) mass is 338 g/mol. The van der Waals surface area contributed by atoms with Gasteiger partial charge in [-0.2, -0.15) is 0 Å². The molecule has 4 heteroatoms. The Bertz CT molecular complexity index is 692. The number of nitrogens with zero attached hydrogens (tertiary/aromatic N) is 1. The van der Waals surface area contributed by atoms with Crippen LogP contribution in [0.15, 0.2) is 54.6 Å². The third-order valence-electron chi connectivity index (χ3n) is 4.90. The van der Waals surface area contributed by atoms with E-state index in [-0.39, 0.29) is 11.9 Å². The number of nitrogens with two attached hydrogens (primary N) is 1. The van der Waals surface area contributed by atoms with Crippen molar-refractivity contribution in [1.82, 2.24) is 4.90 Å². The average molecular weight is 338 g/mol. The fourth-order valence-corrected chi connectivity index (χ4v) is 3.27. The molecule has 1 aliphatic rings. The summed E-state index contributed by atoms with van der Waals surface area (Å²) < 4.78 is 5.83. The first-order chi connectivity index (χ1) is 12.1. The molecule has 0 bridgehead atoms. The predicted octanol–water partition coefficient (Wildman–Crippen LogP) is 3.47. The third-order valence-corrected chi connectivity index (χ3v) is 4.90. The number of ether oxygens (including phenoxy) is 1. The zero-order valence-electron chi connectivity index (χ0n) is 14.7. The molecule has 1 fully saturated rings. The number of hydrogen-bond donors (Lipinski definition) is 1. The Hall–Kier alpha value is -2.33. The first-order valence-corrected chi connectivity index (χ1v) is 8.95. The van der Waals surface area contributed by atoms with Gasteiger partial charge in [0.25, 0.3) is 5.91 Å². The van der Waals surface area contributed by atoms with E-state index in [0.717, 1.165) is 37.2 Å². The first kappa shape index (κ1) is 17.5. The molecule has 1 amide bonds. The minimum atomic E-state index is 0.0771. The summed E-state index contributed by atoms with van der Waals surface area (Å²) in [5.74, 6) is 1.32. The number of carbonyl (C=O) groups excluding carboxylic acids is 1. The van der Waals surface area contributed by atoms with Crippen LogP contribution in [0.1, 0.15) is 35.7 Å². The van der Waals surface area contributed by atoms with Crippen LogP contribution in [0, 0.1) is 5.92 Å². The summed E-state index contributed by atoms with van der Waals surface area (Å²) in [5.41, 5.74) is 7.77. The van der Waals surface area contributed by atoms with E-state index >= 15 is 0 Å². The first-order valence-electron chi connectivity index (χ1n) is 8.95. The molecular formula is C21H26N2O2. The minimum Gasteiger partial charge on any atom is -0.489 e. The van der Waals surface area contributed by atoms with Crippen LogP contribution in [0.3, 0.4) is 0 Å². The summed E-state index contributed by atoms with van der Waals surface area (Å²) in [6.07, 6.45) is 1.96. The fourth-order valence-electron chi connectivity index (χ4n) is 3.27. The van der Waals surface area contributed by atoms with Gasteiger partial charge in [0.15, 0.2) is 0 Å². The second-order valence-electron chi connectivity index (χ2n) is 6.79. The highest BCUT2D eigenvalue weighted by molar-refractivity contribution is 5.94. The van der Waals surface area contributed by atoms with E-state index in [1.165, 1.54) is 0 Å². The number of benzene rings is 2. The van der Waals surface area contributed by atoms with Crippen LogP contribution in [0.2, 0.25) is 0 Å². The van der Waals surface area contributed by atoms with E-state index < -0.39 is 0 Å². The number of likely N-dealkylation sites (tertiary alicyclic amines) is 1. The Labute approximate surface area is 149 Å². The highest BCUT2D eigenvalue weighted by Crippen LogP contribution is 2.22. The molecule has 0 aliphatic carbocycles. The third kappa shape index (κ3) is 4.60. The summed E-state index contributed by atoms with van der Waals surface area (Å²) in [4.78, 5) is 14.7. The molecule has 1 atom stereocenters. The molecule has 0 aromatic heterocycles. The molecule has 2 aromatic carbocycles. The van der Waals surface area contributed by atoms with Gasteiger partial charge in [0.2, 0.25) is 0 Å².